The van der Waals surface area contributed by atoms with Crippen molar-refractivity contribution in [2.45, 2.75) is 121 Å². The fourth-order valence-corrected chi connectivity index (χ4v) is 9.55. The summed E-state index contributed by atoms with van der Waals surface area (Å²) >= 11 is 5.90. The van der Waals surface area contributed by atoms with E-state index >= 15 is 0 Å². The zero-order chi connectivity index (χ0) is 45.9. The third-order valence-electron chi connectivity index (χ3n) is 11.9. The number of hydrogen-bond donors (Lipinski definition) is 5. The fourth-order valence-electron chi connectivity index (χ4n) is 8.85. The van der Waals surface area contributed by atoms with Crippen LogP contribution in [-0.2, 0) is 60.2 Å². The first kappa shape index (κ1) is 47.5. The highest BCUT2D eigenvalue weighted by atomic mass is 35.5. The zero-order valence-electron chi connectivity index (χ0n) is 35.3. The van der Waals surface area contributed by atoms with Crippen molar-refractivity contribution in [3.05, 3.63) is 70.0 Å². The van der Waals surface area contributed by atoms with Gasteiger partial charge in [0.05, 0.1) is 12.5 Å². The number of fused-ring (bicyclic) bond motifs is 3. The molecular formula is C42H53ClFN6O12P. The highest BCUT2D eigenvalue weighted by molar-refractivity contribution is 7.46. The van der Waals surface area contributed by atoms with Gasteiger partial charge in [0.2, 0.25) is 35.4 Å². The van der Waals surface area contributed by atoms with Crippen LogP contribution >= 0.6 is 19.4 Å². The van der Waals surface area contributed by atoms with Crippen LogP contribution in [0.15, 0.2) is 42.5 Å². The van der Waals surface area contributed by atoms with E-state index in [0.717, 1.165) is 16.5 Å². The number of aryl methyl sites for hydroxylation is 1. The van der Waals surface area contributed by atoms with E-state index in [0.29, 0.717) is 18.4 Å². The van der Waals surface area contributed by atoms with Crippen LogP contribution in [0.25, 0.3) is 0 Å². The van der Waals surface area contributed by atoms with Crippen molar-refractivity contribution in [1.29, 1.82) is 0 Å². The molecule has 4 fully saturated rings. The average molecular weight is 919 g/mol. The van der Waals surface area contributed by atoms with Gasteiger partial charge in [-0.3, -0.25) is 33.3 Å². The van der Waals surface area contributed by atoms with Crippen LogP contribution in [0.1, 0.15) is 69.6 Å². The Balaban J connectivity index is 1.39. The molecule has 6 rings (SSSR count). The van der Waals surface area contributed by atoms with E-state index in [-0.39, 0.29) is 48.9 Å². The van der Waals surface area contributed by atoms with E-state index < -0.39 is 123 Å². The Morgan fingerprint density at radius 3 is 2.38 bits per heavy atom. The minimum Gasteiger partial charge on any atom is -0.458 e. The lowest BCUT2D eigenvalue weighted by molar-refractivity contribution is -0.163. The van der Waals surface area contributed by atoms with Crippen LogP contribution in [0.2, 0.25) is 5.02 Å². The predicted octanol–water partition coefficient (Wildman–Crippen LogP) is 1.69. The number of benzene rings is 2. The van der Waals surface area contributed by atoms with E-state index in [9.17, 15) is 52.3 Å². The molecule has 0 unspecified atom stereocenters. The van der Waals surface area contributed by atoms with Crippen molar-refractivity contribution >= 4 is 60.8 Å². The Morgan fingerprint density at radius 1 is 0.952 bits per heavy atom. The topological polar surface area (TPSA) is 241 Å². The van der Waals surface area contributed by atoms with Gasteiger partial charge in [-0.2, -0.15) is 0 Å². The lowest BCUT2D eigenvalue weighted by atomic mass is 9.98. The minimum atomic E-state index is -5.18. The number of carbonyl (C=O) groups is 7. The quantitative estimate of drug-likeness (QED) is 0.179. The first-order chi connectivity index (χ1) is 29.7. The summed E-state index contributed by atoms with van der Waals surface area (Å²) in [5, 5.41) is 8.07. The molecule has 21 heteroatoms. The molecule has 18 nitrogen and oxygen atoms in total. The van der Waals surface area contributed by atoms with Gasteiger partial charge in [0.25, 0.3) is 0 Å². The number of phosphoric ester groups is 1. The van der Waals surface area contributed by atoms with Crippen molar-refractivity contribution in [1.82, 2.24) is 30.7 Å². The molecule has 0 aromatic heterocycles. The lowest BCUT2D eigenvalue weighted by Gasteiger charge is -2.39. The number of cyclic esters (lactones) is 1. The number of esters is 1. The maximum absolute atomic E-state index is 15.0. The molecule has 0 spiro atoms. The molecule has 0 aliphatic carbocycles. The summed E-state index contributed by atoms with van der Waals surface area (Å²) in [5.74, 6) is -6.48. The molecule has 6 amide bonds. The van der Waals surface area contributed by atoms with Gasteiger partial charge in [-0.25, -0.2) is 13.8 Å². The molecule has 4 aliphatic heterocycles. The Kier molecular flexibility index (Phi) is 15.0. The first-order valence-corrected chi connectivity index (χ1v) is 22.8. The van der Waals surface area contributed by atoms with Crippen molar-refractivity contribution in [3.8, 4) is 0 Å². The number of halogens is 2. The number of piperidine rings is 1. The Labute approximate surface area is 368 Å². The number of hydrogen-bond acceptors (Lipinski definition) is 10. The summed E-state index contributed by atoms with van der Waals surface area (Å²) in [6.07, 6.45) is -2.47. The highest BCUT2D eigenvalue weighted by Gasteiger charge is 2.50. The first-order valence-electron chi connectivity index (χ1n) is 20.9. The van der Waals surface area contributed by atoms with Gasteiger partial charge in [0.1, 0.15) is 48.2 Å². The maximum atomic E-state index is 15.0. The van der Waals surface area contributed by atoms with Crippen LogP contribution in [0.3, 0.4) is 0 Å². The van der Waals surface area contributed by atoms with Crippen molar-refractivity contribution in [2.75, 3.05) is 19.6 Å². The summed E-state index contributed by atoms with van der Waals surface area (Å²) < 4.78 is 37.7. The lowest BCUT2D eigenvalue weighted by Crippen LogP contribution is -2.63. The number of amides is 6. The molecule has 0 radical (unpaired) electrons. The molecule has 4 aliphatic rings. The molecule has 2 aromatic carbocycles. The fraction of sp³-hybridized carbons (Fsp3) is 0.548. The molecule has 63 heavy (non-hydrogen) atoms. The van der Waals surface area contributed by atoms with Gasteiger partial charge in [0, 0.05) is 37.5 Å². The Bertz CT molecular complexity index is 2180. The summed E-state index contributed by atoms with van der Waals surface area (Å²) in [6, 6.07) is 2.83. The standard InChI is InChI=1S/C42H53ClFN6O12P/c1-22-8-7-9-26(14-22)16-31(46-35(51)17-27-11-12-28(43)18-30(27)44)37(52)47-36-25(4)61-42(57)34-15-23(2)20-49(34)39(54)24(3)45-38(53)32-10-5-6-13-48(32)40(55)33-19-29(62-63(58,59)60)21-50(33)41(36)56/h7-9,11-12,14,18,23-25,29,31-34,36H,5-6,10,13,15-17,19-21H2,1-4H3,(H,45,53)(H,46,51)(H,47,52)(H2,58,59,60)/t23-,24+,25+,29-,31+,32+,33+,34+,36+/m1/s1. The Morgan fingerprint density at radius 2 is 1.68 bits per heavy atom. The number of phosphoric acid groups is 1. The number of rotatable bonds is 9. The molecule has 342 valence electrons. The van der Waals surface area contributed by atoms with Crippen molar-refractivity contribution < 1.29 is 61.6 Å². The van der Waals surface area contributed by atoms with E-state index in [4.69, 9.17) is 20.9 Å². The number of nitrogens with one attached hydrogen (secondary N) is 3. The Hall–Kier alpha value is -4.94. The number of ether oxygens (including phenoxy) is 1. The SMILES string of the molecule is Cc1cccc(C[C@H](NC(=O)Cc2ccc(Cl)cc2F)C(=O)N[C@@H]2C(=O)N3C[C@H](OP(=O)(O)O)C[C@H]3C(=O)N3CCCC[C@H]3C(=O)N[C@@H](C)C(=O)N3C[C@H](C)C[C@H]3C(=O)O[C@H]2C)c1. The molecule has 4 saturated heterocycles. The molecule has 5 N–H and O–H groups in total. The number of carbonyl (C=O) groups excluding carboxylic acids is 7. The highest BCUT2D eigenvalue weighted by Crippen LogP contribution is 2.41. The smallest absolute Gasteiger partial charge is 0.458 e. The van der Waals surface area contributed by atoms with Gasteiger partial charge in [0.15, 0.2) is 0 Å². The average Bonchev–Trinajstić information content (AvgIpc) is 3.82. The summed E-state index contributed by atoms with van der Waals surface area (Å²) in [4.78, 5) is 122. The van der Waals surface area contributed by atoms with Crippen LogP contribution in [0.5, 0.6) is 0 Å². The molecule has 0 bridgehead atoms. The number of nitrogens with zero attached hydrogens (tertiary/aromatic N) is 3. The van der Waals surface area contributed by atoms with Crippen LogP contribution in [0.4, 0.5) is 4.39 Å². The normalized spacial score (nSPS) is 27.8. The van der Waals surface area contributed by atoms with Crippen LogP contribution < -0.4 is 16.0 Å². The zero-order valence-corrected chi connectivity index (χ0v) is 37.0. The van der Waals surface area contributed by atoms with Gasteiger partial charge in [-0.15, -0.1) is 0 Å². The second-order valence-corrected chi connectivity index (χ2v) is 18.6. The minimum absolute atomic E-state index is 0.00624. The van der Waals surface area contributed by atoms with Gasteiger partial charge in [-0.05, 0) is 75.6 Å². The maximum Gasteiger partial charge on any atom is 0.469 e. The van der Waals surface area contributed by atoms with Crippen LogP contribution in [0, 0.1) is 18.7 Å². The molecule has 0 saturated carbocycles. The predicted molar refractivity (Wildman–Crippen MR) is 223 cm³/mol. The molecule has 9 atom stereocenters. The van der Waals surface area contributed by atoms with E-state index in [1.807, 2.05) is 19.9 Å². The summed E-state index contributed by atoms with van der Waals surface area (Å²) in [5.41, 5.74) is 1.44. The van der Waals surface area contributed by atoms with Crippen LogP contribution in [-0.4, -0.2) is 134 Å². The van der Waals surface area contributed by atoms with Crippen molar-refractivity contribution in [3.63, 3.8) is 0 Å². The second kappa shape index (κ2) is 19.8. The second-order valence-electron chi connectivity index (χ2n) is 16.9. The largest absolute Gasteiger partial charge is 0.469 e. The van der Waals surface area contributed by atoms with Gasteiger partial charge >= 0.3 is 13.8 Å². The summed E-state index contributed by atoms with van der Waals surface area (Å²) in [7, 11) is -5.18. The van der Waals surface area contributed by atoms with E-state index in [1.165, 1.54) is 35.8 Å². The van der Waals surface area contributed by atoms with Crippen molar-refractivity contribution in [2.24, 2.45) is 5.92 Å². The van der Waals surface area contributed by atoms with Gasteiger partial charge in [-0.1, -0.05) is 54.4 Å². The monoisotopic (exact) mass is 918 g/mol. The molecule has 4 heterocycles. The van der Waals surface area contributed by atoms with E-state index in [2.05, 4.69) is 16.0 Å². The summed E-state index contributed by atoms with van der Waals surface area (Å²) in [6.45, 7) is 6.13. The molecule has 2 aromatic rings. The third-order valence-corrected chi connectivity index (χ3v) is 12.7. The molecular weight excluding hydrogens is 866 g/mol. The third kappa shape index (κ3) is 11.6. The van der Waals surface area contributed by atoms with E-state index in [1.54, 1.807) is 18.2 Å². The van der Waals surface area contributed by atoms with Gasteiger partial charge < -0.3 is 45.2 Å².